The Balaban J connectivity index is 2.81. The first-order valence-corrected chi connectivity index (χ1v) is 5.31. The number of nitrogens with two attached hydrogens (primary N) is 1. The summed E-state index contributed by atoms with van der Waals surface area (Å²) in [5.74, 6) is 0. The normalized spacial score (nSPS) is 9.70. The lowest BCUT2D eigenvalue weighted by Gasteiger charge is -1.98. The standard InChI is InChI=1S/C6H8N2S2/c1-9-10-6-5(7)3-2-4-8-6/h2-4H,7H2,1H3. The SMILES string of the molecule is CSSc1ncccc1N. The van der Waals surface area contributed by atoms with Gasteiger partial charge in [-0.25, -0.2) is 4.98 Å². The molecular weight excluding hydrogens is 164 g/mol. The molecule has 1 aromatic rings. The van der Waals surface area contributed by atoms with Crippen molar-refractivity contribution in [3.63, 3.8) is 0 Å². The van der Waals surface area contributed by atoms with Gasteiger partial charge in [-0.05, 0) is 29.2 Å². The summed E-state index contributed by atoms with van der Waals surface area (Å²) in [5, 5.41) is 0.898. The zero-order valence-corrected chi connectivity index (χ0v) is 7.21. The molecule has 0 radical (unpaired) electrons. The van der Waals surface area contributed by atoms with Crippen LogP contribution in [0.1, 0.15) is 0 Å². The fourth-order valence-corrected chi connectivity index (χ4v) is 1.87. The first-order valence-electron chi connectivity index (χ1n) is 2.75. The molecule has 2 nitrogen and oxygen atoms in total. The Morgan fingerprint density at radius 3 is 3.00 bits per heavy atom. The lowest BCUT2D eigenvalue weighted by Crippen LogP contribution is -1.88. The molecule has 0 aromatic carbocycles. The lowest BCUT2D eigenvalue weighted by atomic mass is 10.4. The topological polar surface area (TPSA) is 38.9 Å². The summed E-state index contributed by atoms with van der Waals surface area (Å²) >= 11 is 0. The van der Waals surface area contributed by atoms with E-state index in [2.05, 4.69) is 4.98 Å². The number of pyridine rings is 1. The van der Waals surface area contributed by atoms with E-state index in [1.807, 2.05) is 18.4 Å². The van der Waals surface area contributed by atoms with Gasteiger partial charge in [0.1, 0.15) is 5.03 Å². The van der Waals surface area contributed by atoms with Crippen LogP contribution in [0.4, 0.5) is 5.69 Å². The summed E-state index contributed by atoms with van der Waals surface area (Å²) < 4.78 is 0. The molecule has 1 rings (SSSR count). The van der Waals surface area contributed by atoms with Crippen molar-refractivity contribution in [2.45, 2.75) is 5.03 Å². The van der Waals surface area contributed by atoms with Crippen molar-refractivity contribution in [1.82, 2.24) is 4.98 Å². The highest BCUT2D eigenvalue weighted by Crippen LogP contribution is 2.30. The van der Waals surface area contributed by atoms with E-state index in [1.54, 1.807) is 27.8 Å². The van der Waals surface area contributed by atoms with Crippen molar-refractivity contribution in [3.8, 4) is 0 Å². The fraction of sp³-hybridized carbons (Fsp3) is 0.167. The van der Waals surface area contributed by atoms with Crippen LogP contribution in [-0.2, 0) is 0 Å². The average molecular weight is 172 g/mol. The predicted molar refractivity (Wildman–Crippen MR) is 48.0 cm³/mol. The minimum atomic E-state index is 0.752. The van der Waals surface area contributed by atoms with Crippen molar-refractivity contribution >= 4 is 27.3 Å². The number of nitrogens with zero attached hydrogens (tertiary/aromatic N) is 1. The van der Waals surface area contributed by atoms with Gasteiger partial charge in [-0.2, -0.15) is 0 Å². The van der Waals surface area contributed by atoms with Crippen LogP contribution >= 0.6 is 21.6 Å². The maximum atomic E-state index is 5.61. The van der Waals surface area contributed by atoms with Gasteiger partial charge in [0.25, 0.3) is 0 Å². The first-order chi connectivity index (χ1) is 4.84. The summed E-state index contributed by atoms with van der Waals surface area (Å²) in [5.41, 5.74) is 6.36. The molecule has 0 spiro atoms. The van der Waals surface area contributed by atoms with Gasteiger partial charge in [0.2, 0.25) is 0 Å². The summed E-state index contributed by atoms with van der Waals surface area (Å²) in [6, 6.07) is 3.69. The molecule has 0 fully saturated rings. The minimum absolute atomic E-state index is 0.752. The van der Waals surface area contributed by atoms with Crippen LogP contribution < -0.4 is 5.73 Å². The molecule has 0 aliphatic heterocycles. The third-order valence-corrected chi connectivity index (χ3v) is 2.60. The molecule has 0 unspecified atom stereocenters. The minimum Gasteiger partial charge on any atom is -0.397 e. The lowest BCUT2D eigenvalue weighted by molar-refractivity contribution is 1.15. The van der Waals surface area contributed by atoms with Crippen molar-refractivity contribution in [2.24, 2.45) is 0 Å². The Labute approximate surface area is 68.0 Å². The monoisotopic (exact) mass is 172 g/mol. The molecule has 1 heterocycles. The van der Waals surface area contributed by atoms with Crippen LogP contribution in [0, 0.1) is 0 Å². The van der Waals surface area contributed by atoms with Gasteiger partial charge in [0.05, 0.1) is 5.69 Å². The summed E-state index contributed by atoms with van der Waals surface area (Å²) in [4.78, 5) is 4.09. The van der Waals surface area contributed by atoms with E-state index in [9.17, 15) is 0 Å². The molecule has 0 saturated heterocycles. The number of anilines is 1. The summed E-state index contributed by atoms with van der Waals surface area (Å²) in [6.45, 7) is 0. The van der Waals surface area contributed by atoms with Gasteiger partial charge in [0, 0.05) is 6.20 Å². The van der Waals surface area contributed by atoms with E-state index in [4.69, 9.17) is 5.73 Å². The largest absolute Gasteiger partial charge is 0.397 e. The number of hydrogen-bond donors (Lipinski definition) is 1. The summed E-state index contributed by atoms with van der Waals surface area (Å²) in [6.07, 6.45) is 3.74. The molecule has 4 heteroatoms. The highest BCUT2D eigenvalue weighted by Gasteiger charge is 1.96. The molecule has 54 valence electrons. The predicted octanol–water partition coefficient (Wildman–Crippen LogP) is 2.03. The van der Waals surface area contributed by atoms with Crippen LogP contribution in [0.3, 0.4) is 0 Å². The Hall–Kier alpha value is -0.350. The molecule has 1 aromatic heterocycles. The highest BCUT2D eigenvalue weighted by atomic mass is 33.1. The molecule has 0 atom stereocenters. The van der Waals surface area contributed by atoms with Crippen LogP contribution in [0.5, 0.6) is 0 Å². The molecule has 2 N–H and O–H groups in total. The molecule has 0 aliphatic carbocycles. The highest BCUT2D eigenvalue weighted by molar-refractivity contribution is 8.76. The Bertz CT molecular complexity index is 215. The molecule has 0 bridgehead atoms. The maximum absolute atomic E-state index is 5.61. The van der Waals surface area contributed by atoms with Gasteiger partial charge in [0.15, 0.2) is 0 Å². The summed E-state index contributed by atoms with van der Waals surface area (Å²) in [7, 11) is 3.23. The van der Waals surface area contributed by atoms with Crippen LogP contribution in [0.25, 0.3) is 0 Å². The second-order valence-electron chi connectivity index (χ2n) is 1.65. The Morgan fingerprint density at radius 1 is 1.60 bits per heavy atom. The smallest absolute Gasteiger partial charge is 0.129 e. The van der Waals surface area contributed by atoms with E-state index in [0.717, 1.165) is 10.7 Å². The second-order valence-corrected chi connectivity index (χ2v) is 4.03. The zero-order valence-electron chi connectivity index (χ0n) is 5.57. The van der Waals surface area contributed by atoms with E-state index in [-0.39, 0.29) is 0 Å². The van der Waals surface area contributed by atoms with Gasteiger partial charge in [-0.3, -0.25) is 0 Å². The fourth-order valence-electron chi connectivity index (χ4n) is 0.552. The number of rotatable bonds is 2. The van der Waals surface area contributed by atoms with Crippen molar-refractivity contribution < 1.29 is 0 Å². The van der Waals surface area contributed by atoms with Crippen molar-refractivity contribution in [1.29, 1.82) is 0 Å². The van der Waals surface area contributed by atoms with Gasteiger partial charge in [-0.1, -0.05) is 10.8 Å². The second kappa shape index (κ2) is 3.73. The van der Waals surface area contributed by atoms with Crippen LogP contribution in [0.2, 0.25) is 0 Å². The van der Waals surface area contributed by atoms with E-state index in [1.165, 1.54) is 0 Å². The molecular formula is C6H8N2S2. The third-order valence-electron chi connectivity index (χ3n) is 0.963. The van der Waals surface area contributed by atoms with E-state index >= 15 is 0 Å². The van der Waals surface area contributed by atoms with Gasteiger partial charge < -0.3 is 5.73 Å². The van der Waals surface area contributed by atoms with Gasteiger partial charge >= 0.3 is 0 Å². The first kappa shape index (κ1) is 7.75. The third kappa shape index (κ3) is 1.82. The van der Waals surface area contributed by atoms with Crippen LogP contribution in [0.15, 0.2) is 23.4 Å². The molecule has 0 saturated carbocycles. The number of nitrogen functional groups attached to an aromatic ring is 1. The number of hydrogen-bond acceptors (Lipinski definition) is 4. The zero-order chi connectivity index (χ0) is 7.40. The maximum Gasteiger partial charge on any atom is 0.129 e. The molecule has 0 aliphatic rings. The van der Waals surface area contributed by atoms with Crippen LogP contribution in [-0.4, -0.2) is 11.2 Å². The Kier molecular flexibility index (Phi) is 2.89. The molecule has 0 amide bonds. The Morgan fingerprint density at radius 2 is 2.40 bits per heavy atom. The van der Waals surface area contributed by atoms with E-state index in [0.29, 0.717) is 0 Å². The van der Waals surface area contributed by atoms with Crippen molar-refractivity contribution in [2.75, 3.05) is 12.0 Å². The molecule has 10 heavy (non-hydrogen) atoms. The van der Waals surface area contributed by atoms with E-state index < -0.39 is 0 Å². The van der Waals surface area contributed by atoms with Crippen molar-refractivity contribution in [3.05, 3.63) is 18.3 Å². The van der Waals surface area contributed by atoms with Gasteiger partial charge in [-0.15, -0.1) is 0 Å². The average Bonchev–Trinajstić information content (AvgIpc) is 1.94. The quantitative estimate of drug-likeness (QED) is 0.693. The number of aromatic nitrogens is 1.